The highest BCUT2D eigenvalue weighted by atomic mass is 16.2. The first-order valence-electron chi connectivity index (χ1n) is 9.02. The topological polar surface area (TPSA) is 58.4 Å². The van der Waals surface area contributed by atoms with Crippen molar-refractivity contribution in [2.75, 3.05) is 20.1 Å². The molecule has 1 atom stereocenters. The summed E-state index contributed by atoms with van der Waals surface area (Å²) in [7, 11) is 3.67. The standard InChI is InChI=1S/C20H26N4O2/c1-15-11-18(21-23(15)3)20(26)24-10-9-17(14-24)12-19(25)22(2)13-16-7-5-4-6-8-16/h4-8,11,17H,9-10,12-14H2,1-3H3. The van der Waals surface area contributed by atoms with Gasteiger partial charge in [-0.05, 0) is 30.9 Å². The van der Waals surface area contributed by atoms with Crippen LogP contribution in [0.3, 0.4) is 0 Å². The number of likely N-dealkylation sites (tertiary alicyclic amines) is 1. The van der Waals surface area contributed by atoms with Crippen molar-refractivity contribution < 1.29 is 9.59 Å². The van der Waals surface area contributed by atoms with Crippen molar-refractivity contribution in [3.05, 3.63) is 53.3 Å². The van der Waals surface area contributed by atoms with Crippen LogP contribution in [0.2, 0.25) is 0 Å². The maximum atomic E-state index is 12.6. The minimum atomic E-state index is -0.0405. The van der Waals surface area contributed by atoms with Crippen LogP contribution >= 0.6 is 0 Å². The second kappa shape index (κ2) is 7.72. The predicted octanol–water partition coefficient (Wildman–Crippen LogP) is 2.24. The first kappa shape index (κ1) is 18.2. The third kappa shape index (κ3) is 4.12. The summed E-state index contributed by atoms with van der Waals surface area (Å²) in [5.41, 5.74) is 2.57. The molecule has 2 heterocycles. The zero-order valence-corrected chi connectivity index (χ0v) is 15.7. The molecule has 2 aromatic rings. The summed E-state index contributed by atoms with van der Waals surface area (Å²) in [5.74, 6) is 0.303. The van der Waals surface area contributed by atoms with Crippen molar-refractivity contribution >= 4 is 11.8 Å². The number of hydrogen-bond acceptors (Lipinski definition) is 3. The first-order chi connectivity index (χ1) is 12.4. The van der Waals surface area contributed by atoms with Crippen molar-refractivity contribution in [3.63, 3.8) is 0 Å². The molecule has 1 unspecified atom stereocenters. The van der Waals surface area contributed by atoms with Gasteiger partial charge in [0.2, 0.25) is 5.91 Å². The molecule has 1 aliphatic heterocycles. The third-order valence-corrected chi connectivity index (χ3v) is 5.06. The molecule has 138 valence electrons. The molecular weight excluding hydrogens is 328 g/mol. The Labute approximate surface area is 154 Å². The molecule has 2 amide bonds. The Morgan fingerprint density at radius 2 is 2.00 bits per heavy atom. The fourth-order valence-corrected chi connectivity index (χ4v) is 3.36. The maximum absolute atomic E-state index is 12.6. The van der Waals surface area contributed by atoms with Gasteiger partial charge in [-0.25, -0.2) is 0 Å². The monoisotopic (exact) mass is 354 g/mol. The molecule has 0 spiro atoms. The lowest BCUT2D eigenvalue weighted by atomic mass is 10.0. The van der Waals surface area contributed by atoms with Crippen molar-refractivity contribution in [2.45, 2.75) is 26.3 Å². The molecule has 0 aliphatic carbocycles. The Balaban J connectivity index is 1.52. The van der Waals surface area contributed by atoms with Crippen LogP contribution in [0.25, 0.3) is 0 Å². The van der Waals surface area contributed by atoms with Crippen LogP contribution in [-0.2, 0) is 18.4 Å². The highest BCUT2D eigenvalue weighted by Gasteiger charge is 2.30. The van der Waals surface area contributed by atoms with Gasteiger partial charge in [0.15, 0.2) is 5.69 Å². The molecule has 26 heavy (non-hydrogen) atoms. The minimum absolute atomic E-state index is 0.0405. The van der Waals surface area contributed by atoms with Gasteiger partial charge in [-0.15, -0.1) is 0 Å². The Hall–Kier alpha value is -2.63. The van der Waals surface area contributed by atoms with Crippen molar-refractivity contribution in [1.82, 2.24) is 19.6 Å². The van der Waals surface area contributed by atoms with Crippen LogP contribution in [0.4, 0.5) is 0 Å². The number of hydrogen-bond donors (Lipinski definition) is 0. The summed E-state index contributed by atoms with van der Waals surface area (Å²) in [5, 5.41) is 4.27. The summed E-state index contributed by atoms with van der Waals surface area (Å²) in [6, 6.07) is 11.8. The summed E-state index contributed by atoms with van der Waals surface area (Å²) in [4.78, 5) is 28.7. The van der Waals surface area contributed by atoms with Crippen LogP contribution in [0.5, 0.6) is 0 Å². The summed E-state index contributed by atoms with van der Waals surface area (Å²) in [6.07, 6.45) is 1.34. The molecule has 0 bridgehead atoms. The van der Waals surface area contributed by atoms with Crippen LogP contribution in [0.1, 0.15) is 34.6 Å². The van der Waals surface area contributed by atoms with E-state index in [1.807, 2.05) is 62.3 Å². The van der Waals surface area contributed by atoms with E-state index in [4.69, 9.17) is 0 Å². The Morgan fingerprint density at radius 3 is 2.65 bits per heavy atom. The summed E-state index contributed by atoms with van der Waals surface area (Å²) < 4.78 is 1.71. The molecule has 6 heteroatoms. The summed E-state index contributed by atoms with van der Waals surface area (Å²) in [6.45, 7) is 3.86. The number of benzene rings is 1. The minimum Gasteiger partial charge on any atom is -0.341 e. The molecule has 1 aromatic carbocycles. The van der Waals surface area contributed by atoms with Crippen molar-refractivity contribution in [1.29, 1.82) is 0 Å². The van der Waals surface area contributed by atoms with Crippen LogP contribution in [-0.4, -0.2) is 51.5 Å². The van der Waals surface area contributed by atoms with E-state index >= 15 is 0 Å². The number of carbonyl (C=O) groups excluding carboxylic acids is 2. The van der Waals surface area contributed by atoms with E-state index in [1.165, 1.54) is 0 Å². The molecule has 1 aromatic heterocycles. The highest BCUT2D eigenvalue weighted by Crippen LogP contribution is 2.22. The number of amides is 2. The van der Waals surface area contributed by atoms with Crippen molar-refractivity contribution in [3.8, 4) is 0 Å². The lowest BCUT2D eigenvalue weighted by Crippen LogP contribution is -2.31. The average Bonchev–Trinajstić information content (AvgIpc) is 3.22. The third-order valence-electron chi connectivity index (χ3n) is 5.06. The molecule has 6 nitrogen and oxygen atoms in total. The lowest BCUT2D eigenvalue weighted by molar-refractivity contribution is -0.131. The number of aromatic nitrogens is 2. The Bertz CT molecular complexity index is 765. The van der Waals surface area contributed by atoms with Gasteiger partial charge in [-0.2, -0.15) is 5.10 Å². The molecule has 1 fully saturated rings. The zero-order chi connectivity index (χ0) is 18.7. The van der Waals surface area contributed by atoms with Crippen LogP contribution < -0.4 is 0 Å². The van der Waals surface area contributed by atoms with Gasteiger partial charge in [-0.1, -0.05) is 30.3 Å². The normalized spacial score (nSPS) is 16.7. The van der Waals surface area contributed by atoms with Gasteiger partial charge in [0.25, 0.3) is 5.91 Å². The fourth-order valence-electron chi connectivity index (χ4n) is 3.36. The van der Waals surface area contributed by atoms with Gasteiger partial charge < -0.3 is 9.80 Å². The number of rotatable bonds is 5. The zero-order valence-electron chi connectivity index (χ0n) is 15.7. The van der Waals surface area contributed by atoms with E-state index in [0.29, 0.717) is 31.7 Å². The SMILES string of the molecule is Cc1cc(C(=O)N2CCC(CC(=O)N(C)Cc3ccccc3)C2)nn1C. The van der Waals surface area contributed by atoms with Gasteiger partial charge in [0, 0.05) is 45.8 Å². The molecule has 3 rings (SSSR count). The van der Waals surface area contributed by atoms with Crippen LogP contribution in [0, 0.1) is 12.8 Å². The molecule has 1 saturated heterocycles. The predicted molar refractivity (Wildman–Crippen MR) is 99.5 cm³/mol. The van der Waals surface area contributed by atoms with Crippen molar-refractivity contribution in [2.24, 2.45) is 13.0 Å². The lowest BCUT2D eigenvalue weighted by Gasteiger charge is -2.20. The molecule has 0 radical (unpaired) electrons. The molecule has 0 N–H and O–H groups in total. The van der Waals surface area contributed by atoms with Gasteiger partial charge >= 0.3 is 0 Å². The Kier molecular flexibility index (Phi) is 5.40. The second-order valence-electron chi connectivity index (χ2n) is 7.14. The molecule has 0 saturated carbocycles. The highest BCUT2D eigenvalue weighted by molar-refractivity contribution is 5.92. The van der Waals surface area contributed by atoms with E-state index in [1.54, 1.807) is 9.58 Å². The fraction of sp³-hybridized carbons (Fsp3) is 0.450. The summed E-state index contributed by atoms with van der Waals surface area (Å²) >= 11 is 0. The largest absolute Gasteiger partial charge is 0.341 e. The molecular formula is C20H26N4O2. The Morgan fingerprint density at radius 1 is 1.27 bits per heavy atom. The quantitative estimate of drug-likeness (QED) is 0.827. The number of carbonyl (C=O) groups is 2. The second-order valence-corrected chi connectivity index (χ2v) is 7.14. The van der Waals surface area contributed by atoms with E-state index in [9.17, 15) is 9.59 Å². The maximum Gasteiger partial charge on any atom is 0.274 e. The smallest absolute Gasteiger partial charge is 0.274 e. The van der Waals surface area contributed by atoms with Crippen LogP contribution in [0.15, 0.2) is 36.4 Å². The van der Waals surface area contributed by atoms with E-state index in [-0.39, 0.29) is 17.7 Å². The molecule has 1 aliphatic rings. The van der Waals surface area contributed by atoms with Gasteiger partial charge in [-0.3, -0.25) is 14.3 Å². The van der Waals surface area contributed by atoms with E-state index in [2.05, 4.69) is 5.10 Å². The van der Waals surface area contributed by atoms with E-state index in [0.717, 1.165) is 17.7 Å². The first-order valence-corrected chi connectivity index (χ1v) is 9.02. The number of nitrogens with zero attached hydrogens (tertiary/aromatic N) is 4. The van der Waals surface area contributed by atoms with Gasteiger partial charge in [0.1, 0.15) is 0 Å². The van der Waals surface area contributed by atoms with Gasteiger partial charge in [0.05, 0.1) is 0 Å². The average molecular weight is 354 g/mol. The number of aryl methyl sites for hydroxylation is 2. The van der Waals surface area contributed by atoms with E-state index < -0.39 is 0 Å².